The molecule has 0 spiro atoms. The minimum atomic E-state index is 0.510. The van der Waals surface area contributed by atoms with Gasteiger partial charge in [0, 0.05) is 12.1 Å². The zero-order chi connectivity index (χ0) is 13.7. The first-order valence-electron chi connectivity index (χ1n) is 7.96. The van der Waals surface area contributed by atoms with Gasteiger partial charge in [-0.25, -0.2) is 0 Å². The molecule has 2 rings (SSSR count). The number of hydrogen-bond acceptors (Lipinski definition) is 1. The van der Waals surface area contributed by atoms with E-state index in [4.69, 9.17) is 0 Å². The third kappa shape index (κ3) is 4.65. The summed E-state index contributed by atoms with van der Waals surface area (Å²) in [7, 11) is 0. The largest absolute Gasteiger partial charge is 0.307 e. The van der Waals surface area contributed by atoms with E-state index in [1.165, 1.54) is 37.7 Å². The Morgan fingerprint density at radius 1 is 1.11 bits per heavy atom. The summed E-state index contributed by atoms with van der Waals surface area (Å²) >= 11 is 0. The summed E-state index contributed by atoms with van der Waals surface area (Å²) < 4.78 is 0. The molecule has 0 bridgehead atoms. The van der Waals surface area contributed by atoms with Crippen LogP contribution in [-0.2, 0) is 0 Å². The second-order valence-corrected chi connectivity index (χ2v) is 6.69. The summed E-state index contributed by atoms with van der Waals surface area (Å²) in [6.07, 6.45) is 6.92. The van der Waals surface area contributed by atoms with Gasteiger partial charge in [-0.05, 0) is 37.2 Å². The fourth-order valence-corrected chi connectivity index (χ4v) is 3.10. The van der Waals surface area contributed by atoms with Crippen molar-refractivity contribution in [2.24, 2.45) is 11.8 Å². The van der Waals surface area contributed by atoms with Gasteiger partial charge in [0.25, 0.3) is 0 Å². The highest BCUT2D eigenvalue weighted by Gasteiger charge is 2.22. The van der Waals surface area contributed by atoms with Crippen LogP contribution in [0, 0.1) is 11.8 Å². The molecule has 1 nitrogen and oxygen atoms in total. The van der Waals surface area contributed by atoms with Crippen LogP contribution in [0.4, 0.5) is 0 Å². The van der Waals surface area contributed by atoms with Crippen LogP contribution in [0.3, 0.4) is 0 Å². The Hall–Kier alpha value is -0.820. The van der Waals surface area contributed by atoms with Crippen molar-refractivity contribution >= 4 is 0 Å². The van der Waals surface area contributed by atoms with Gasteiger partial charge in [-0.2, -0.15) is 0 Å². The fraction of sp³-hybridized carbons (Fsp3) is 0.667. The highest BCUT2D eigenvalue weighted by Crippen LogP contribution is 2.31. The van der Waals surface area contributed by atoms with Crippen molar-refractivity contribution in [2.45, 2.75) is 65.0 Å². The van der Waals surface area contributed by atoms with Crippen LogP contribution >= 0.6 is 0 Å². The van der Waals surface area contributed by atoms with Crippen molar-refractivity contribution in [3.05, 3.63) is 35.9 Å². The lowest BCUT2D eigenvalue weighted by Crippen LogP contribution is -2.34. The molecular formula is C18H29N. The molecule has 2 atom stereocenters. The summed E-state index contributed by atoms with van der Waals surface area (Å²) in [6, 6.07) is 12.1. The van der Waals surface area contributed by atoms with E-state index in [-0.39, 0.29) is 0 Å². The quantitative estimate of drug-likeness (QED) is 0.731. The predicted molar refractivity (Wildman–Crippen MR) is 83.2 cm³/mol. The average Bonchev–Trinajstić information content (AvgIpc) is 2.34. The molecule has 1 aromatic rings. The molecule has 106 valence electrons. The molecule has 0 aliphatic heterocycles. The van der Waals surface area contributed by atoms with Gasteiger partial charge in [0.2, 0.25) is 0 Å². The van der Waals surface area contributed by atoms with Crippen molar-refractivity contribution in [1.29, 1.82) is 0 Å². The maximum Gasteiger partial charge on any atom is 0.0324 e. The SMILES string of the molecule is CC(C)CC(NC(C)CC1CCC1)c1ccccc1. The van der Waals surface area contributed by atoms with Crippen LogP contribution in [0.15, 0.2) is 30.3 Å². The van der Waals surface area contributed by atoms with Crippen molar-refractivity contribution < 1.29 is 0 Å². The molecule has 1 saturated carbocycles. The lowest BCUT2D eigenvalue weighted by atomic mass is 9.81. The van der Waals surface area contributed by atoms with Crippen LogP contribution in [-0.4, -0.2) is 6.04 Å². The summed E-state index contributed by atoms with van der Waals surface area (Å²) in [5.41, 5.74) is 1.44. The topological polar surface area (TPSA) is 12.0 Å². The molecule has 0 radical (unpaired) electrons. The molecule has 0 aromatic heterocycles. The van der Waals surface area contributed by atoms with Gasteiger partial charge in [0.05, 0.1) is 0 Å². The van der Waals surface area contributed by atoms with Gasteiger partial charge >= 0.3 is 0 Å². The first-order valence-corrected chi connectivity index (χ1v) is 7.96. The van der Waals surface area contributed by atoms with E-state index in [0.717, 1.165) is 11.8 Å². The standard InChI is InChI=1S/C18H29N/c1-14(2)12-18(17-10-5-4-6-11-17)19-15(3)13-16-8-7-9-16/h4-6,10-11,14-16,18-19H,7-9,12-13H2,1-3H3. The van der Waals surface area contributed by atoms with E-state index in [9.17, 15) is 0 Å². The minimum absolute atomic E-state index is 0.510. The monoisotopic (exact) mass is 259 g/mol. The second-order valence-electron chi connectivity index (χ2n) is 6.69. The molecule has 1 aliphatic carbocycles. The van der Waals surface area contributed by atoms with Crippen molar-refractivity contribution in [3.63, 3.8) is 0 Å². The van der Waals surface area contributed by atoms with Crippen LogP contribution in [0.1, 0.15) is 64.5 Å². The highest BCUT2D eigenvalue weighted by atomic mass is 14.9. The lowest BCUT2D eigenvalue weighted by molar-refractivity contribution is 0.252. The molecule has 2 unspecified atom stereocenters. The Morgan fingerprint density at radius 3 is 2.32 bits per heavy atom. The first kappa shape index (κ1) is 14.6. The van der Waals surface area contributed by atoms with Crippen molar-refractivity contribution in [1.82, 2.24) is 5.32 Å². The first-order chi connectivity index (χ1) is 9.15. The highest BCUT2D eigenvalue weighted by molar-refractivity contribution is 5.19. The lowest BCUT2D eigenvalue weighted by Gasteiger charge is -2.31. The van der Waals surface area contributed by atoms with Gasteiger partial charge < -0.3 is 5.32 Å². The van der Waals surface area contributed by atoms with Gasteiger partial charge in [-0.3, -0.25) is 0 Å². The Labute approximate surface area is 118 Å². The predicted octanol–water partition coefficient (Wildman–Crippen LogP) is 4.94. The molecule has 19 heavy (non-hydrogen) atoms. The summed E-state index contributed by atoms with van der Waals surface area (Å²) in [6.45, 7) is 6.98. The molecule has 0 amide bonds. The van der Waals surface area contributed by atoms with Crippen LogP contribution in [0.2, 0.25) is 0 Å². The van der Waals surface area contributed by atoms with Gasteiger partial charge in [-0.1, -0.05) is 63.4 Å². The van der Waals surface area contributed by atoms with Gasteiger partial charge in [-0.15, -0.1) is 0 Å². The molecule has 1 fully saturated rings. The molecule has 0 heterocycles. The van der Waals surface area contributed by atoms with Crippen LogP contribution in [0.25, 0.3) is 0 Å². The normalized spacial score (nSPS) is 19.2. The maximum absolute atomic E-state index is 3.86. The Bertz CT molecular complexity index is 353. The van der Waals surface area contributed by atoms with Crippen LogP contribution < -0.4 is 5.32 Å². The Morgan fingerprint density at radius 2 is 1.79 bits per heavy atom. The summed E-state index contributed by atoms with van der Waals surface area (Å²) in [5.74, 6) is 1.71. The number of nitrogens with one attached hydrogen (secondary N) is 1. The number of rotatable bonds is 7. The average molecular weight is 259 g/mol. The molecule has 1 aliphatic rings. The van der Waals surface area contributed by atoms with Gasteiger partial charge in [0.15, 0.2) is 0 Å². The van der Waals surface area contributed by atoms with E-state index >= 15 is 0 Å². The van der Waals surface area contributed by atoms with Crippen molar-refractivity contribution in [3.8, 4) is 0 Å². The minimum Gasteiger partial charge on any atom is -0.307 e. The second kappa shape index (κ2) is 7.09. The fourth-order valence-electron chi connectivity index (χ4n) is 3.10. The van der Waals surface area contributed by atoms with E-state index < -0.39 is 0 Å². The zero-order valence-corrected chi connectivity index (χ0v) is 12.7. The van der Waals surface area contributed by atoms with E-state index in [1.54, 1.807) is 0 Å². The molecule has 0 saturated heterocycles. The van der Waals surface area contributed by atoms with Crippen LogP contribution in [0.5, 0.6) is 0 Å². The molecule has 1 aromatic carbocycles. The van der Waals surface area contributed by atoms with Crippen molar-refractivity contribution in [2.75, 3.05) is 0 Å². The Balaban J connectivity index is 1.93. The molecular weight excluding hydrogens is 230 g/mol. The summed E-state index contributed by atoms with van der Waals surface area (Å²) in [4.78, 5) is 0. The third-order valence-corrected chi connectivity index (χ3v) is 4.31. The van der Waals surface area contributed by atoms with Gasteiger partial charge in [0.1, 0.15) is 0 Å². The smallest absolute Gasteiger partial charge is 0.0324 e. The Kier molecular flexibility index (Phi) is 5.45. The molecule has 1 heteroatoms. The van der Waals surface area contributed by atoms with E-state index in [0.29, 0.717) is 12.1 Å². The zero-order valence-electron chi connectivity index (χ0n) is 12.7. The summed E-state index contributed by atoms with van der Waals surface area (Å²) in [5, 5.41) is 3.86. The maximum atomic E-state index is 3.86. The molecule has 1 N–H and O–H groups in total. The number of benzene rings is 1. The van der Waals surface area contributed by atoms with E-state index in [2.05, 4.69) is 56.4 Å². The number of hydrogen-bond donors (Lipinski definition) is 1. The van der Waals surface area contributed by atoms with E-state index in [1.807, 2.05) is 0 Å². The third-order valence-electron chi connectivity index (χ3n) is 4.31.